The topological polar surface area (TPSA) is 61.6 Å². The van der Waals surface area contributed by atoms with Crippen LogP contribution in [0.4, 0.5) is 11.4 Å². The van der Waals surface area contributed by atoms with E-state index in [0.717, 1.165) is 19.6 Å². The monoisotopic (exact) mass is 310 g/mol. The van der Waals surface area contributed by atoms with Crippen molar-refractivity contribution in [3.63, 3.8) is 0 Å². The van der Waals surface area contributed by atoms with Gasteiger partial charge in [0.2, 0.25) is 5.91 Å². The maximum atomic E-state index is 12.0. The fourth-order valence-electron chi connectivity index (χ4n) is 2.76. The van der Waals surface area contributed by atoms with Crippen LogP contribution in [0.5, 0.6) is 0 Å². The Morgan fingerprint density at radius 1 is 1.57 bits per heavy atom. The molecular formula is C15H23ClN4O. The first-order chi connectivity index (χ1) is 9.94. The number of benzene rings is 1. The van der Waals surface area contributed by atoms with E-state index in [0.29, 0.717) is 28.9 Å². The van der Waals surface area contributed by atoms with E-state index in [1.54, 1.807) is 18.2 Å². The maximum Gasteiger partial charge on any atom is 0.238 e. The van der Waals surface area contributed by atoms with Gasteiger partial charge >= 0.3 is 0 Å². The first kappa shape index (κ1) is 16.1. The number of carbonyl (C=O) groups is 1. The number of amides is 1. The van der Waals surface area contributed by atoms with Gasteiger partial charge in [-0.1, -0.05) is 11.6 Å². The molecule has 6 heteroatoms. The number of nitrogens with two attached hydrogens (primary N) is 1. The number of nitrogen functional groups attached to an aromatic ring is 1. The molecule has 2 rings (SSSR count). The molecule has 1 heterocycles. The van der Waals surface area contributed by atoms with Gasteiger partial charge in [-0.25, -0.2) is 0 Å². The lowest BCUT2D eigenvalue weighted by Crippen LogP contribution is -2.34. The van der Waals surface area contributed by atoms with Crippen LogP contribution in [0.3, 0.4) is 0 Å². The maximum absolute atomic E-state index is 12.0. The number of anilines is 2. The van der Waals surface area contributed by atoms with Gasteiger partial charge in [0.15, 0.2) is 0 Å². The van der Waals surface area contributed by atoms with Gasteiger partial charge in [-0.05, 0) is 51.2 Å². The van der Waals surface area contributed by atoms with Gasteiger partial charge in [-0.2, -0.15) is 0 Å². The van der Waals surface area contributed by atoms with Crippen LogP contribution in [0.1, 0.15) is 6.42 Å². The highest BCUT2D eigenvalue weighted by Gasteiger charge is 2.21. The number of likely N-dealkylation sites (N-methyl/N-ethyl adjacent to an activating group) is 1. The van der Waals surface area contributed by atoms with Crippen molar-refractivity contribution in [1.82, 2.24) is 9.80 Å². The fraction of sp³-hybridized carbons (Fsp3) is 0.533. The molecule has 21 heavy (non-hydrogen) atoms. The van der Waals surface area contributed by atoms with E-state index in [1.807, 2.05) is 7.05 Å². The molecule has 1 fully saturated rings. The summed E-state index contributed by atoms with van der Waals surface area (Å²) < 4.78 is 0. The van der Waals surface area contributed by atoms with Crippen LogP contribution >= 0.6 is 11.6 Å². The molecule has 1 aliphatic heterocycles. The van der Waals surface area contributed by atoms with Gasteiger partial charge < -0.3 is 16.0 Å². The molecule has 0 saturated carbocycles. The number of hydrogen-bond donors (Lipinski definition) is 2. The van der Waals surface area contributed by atoms with Crippen LogP contribution in [0.15, 0.2) is 18.2 Å². The van der Waals surface area contributed by atoms with E-state index in [4.69, 9.17) is 17.3 Å². The zero-order valence-corrected chi connectivity index (χ0v) is 13.4. The predicted octanol–water partition coefficient (Wildman–Crippen LogP) is 1.74. The number of halogens is 1. The summed E-state index contributed by atoms with van der Waals surface area (Å²) >= 11 is 5.84. The Hall–Kier alpha value is -1.30. The summed E-state index contributed by atoms with van der Waals surface area (Å²) in [5.74, 6) is 0.589. The molecule has 1 amide bonds. The van der Waals surface area contributed by atoms with Gasteiger partial charge in [-0.3, -0.25) is 9.69 Å². The summed E-state index contributed by atoms with van der Waals surface area (Å²) in [4.78, 5) is 16.4. The second kappa shape index (κ2) is 7.11. The number of rotatable bonds is 5. The fourth-order valence-corrected chi connectivity index (χ4v) is 2.94. The van der Waals surface area contributed by atoms with Crippen LogP contribution in [-0.4, -0.2) is 56.0 Å². The Morgan fingerprint density at radius 3 is 2.95 bits per heavy atom. The largest absolute Gasteiger partial charge is 0.397 e. The minimum Gasteiger partial charge on any atom is -0.397 e. The van der Waals surface area contributed by atoms with Gasteiger partial charge in [0, 0.05) is 18.1 Å². The van der Waals surface area contributed by atoms with Crippen molar-refractivity contribution in [3.05, 3.63) is 23.2 Å². The SMILES string of the molecule is CN1CCC(CN(C)CC(=O)Nc2ccc(Cl)cc2N)C1. The second-order valence-corrected chi connectivity index (χ2v) is 6.33. The normalized spacial score (nSPS) is 19.1. The molecule has 5 nitrogen and oxygen atoms in total. The third kappa shape index (κ3) is 4.88. The van der Waals surface area contributed by atoms with Crippen LogP contribution < -0.4 is 11.1 Å². The first-order valence-corrected chi connectivity index (χ1v) is 7.54. The van der Waals surface area contributed by atoms with Gasteiger partial charge in [0.05, 0.1) is 17.9 Å². The summed E-state index contributed by atoms with van der Waals surface area (Å²) in [6.07, 6.45) is 1.20. The third-order valence-corrected chi connectivity index (χ3v) is 4.00. The number of likely N-dealkylation sites (tertiary alicyclic amines) is 1. The summed E-state index contributed by atoms with van der Waals surface area (Å²) in [6, 6.07) is 5.07. The van der Waals surface area contributed by atoms with Gasteiger partial charge in [0.25, 0.3) is 0 Å². The molecule has 0 radical (unpaired) electrons. The minimum absolute atomic E-state index is 0.0575. The Kier molecular flexibility index (Phi) is 5.45. The smallest absolute Gasteiger partial charge is 0.238 e. The van der Waals surface area contributed by atoms with E-state index < -0.39 is 0 Å². The average Bonchev–Trinajstić information content (AvgIpc) is 2.78. The number of hydrogen-bond acceptors (Lipinski definition) is 4. The number of nitrogens with zero attached hydrogens (tertiary/aromatic N) is 2. The second-order valence-electron chi connectivity index (χ2n) is 5.89. The van der Waals surface area contributed by atoms with Gasteiger partial charge in [0.1, 0.15) is 0 Å². The zero-order valence-electron chi connectivity index (χ0n) is 12.6. The zero-order chi connectivity index (χ0) is 15.4. The molecular weight excluding hydrogens is 288 g/mol. The summed E-state index contributed by atoms with van der Waals surface area (Å²) in [7, 11) is 4.11. The molecule has 1 aromatic carbocycles. The van der Waals surface area contributed by atoms with Crippen LogP contribution in [0.2, 0.25) is 5.02 Å². The Morgan fingerprint density at radius 2 is 2.33 bits per heavy atom. The molecule has 3 N–H and O–H groups in total. The molecule has 1 aliphatic rings. The molecule has 116 valence electrons. The van der Waals surface area contributed by atoms with E-state index in [-0.39, 0.29) is 5.91 Å². The summed E-state index contributed by atoms with van der Waals surface area (Å²) in [5.41, 5.74) is 6.92. The highest BCUT2D eigenvalue weighted by molar-refractivity contribution is 6.31. The van der Waals surface area contributed by atoms with Crippen molar-refractivity contribution in [2.24, 2.45) is 5.92 Å². The average molecular weight is 311 g/mol. The molecule has 0 bridgehead atoms. The molecule has 1 saturated heterocycles. The van der Waals surface area contributed by atoms with E-state index in [9.17, 15) is 4.79 Å². The van der Waals surface area contributed by atoms with Crippen molar-refractivity contribution in [3.8, 4) is 0 Å². The number of nitrogens with one attached hydrogen (secondary N) is 1. The van der Waals surface area contributed by atoms with Crippen molar-refractivity contribution in [2.45, 2.75) is 6.42 Å². The Balaban J connectivity index is 1.81. The van der Waals surface area contributed by atoms with E-state index >= 15 is 0 Å². The summed E-state index contributed by atoms with van der Waals surface area (Å²) in [5, 5.41) is 3.39. The van der Waals surface area contributed by atoms with Crippen molar-refractivity contribution in [2.75, 3.05) is 51.3 Å². The van der Waals surface area contributed by atoms with Crippen molar-refractivity contribution in [1.29, 1.82) is 0 Å². The van der Waals surface area contributed by atoms with Crippen LogP contribution in [0, 0.1) is 5.92 Å². The predicted molar refractivity (Wildman–Crippen MR) is 87.6 cm³/mol. The number of carbonyl (C=O) groups excluding carboxylic acids is 1. The molecule has 0 spiro atoms. The minimum atomic E-state index is -0.0575. The van der Waals surface area contributed by atoms with Crippen LogP contribution in [-0.2, 0) is 4.79 Å². The molecule has 0 aliphatic carbocycles. The van der Waals surface area contributed by atoms with Gasteiger partial charge in [-0.15, -0.1) is 0 Å². The third-order valence-electron chi connectivity index (χ3n) is 3.76. The highest BCUT2D eigenvalue weighted by Crippen LogP contribution is 2.22. The standard InChI is InChI=1S/C15H23ClN4O/c1-19-6-5-11(8-19)9-20(2)10-15(21)18-14-4-3-12(16)7-13(14)17/h3-4,7,11H,5-6,8-10,17H2,1-2H3,(H,18,21). The molecule has 0 aromatic heterocycles. The van der Waals surface area contributed by atoms with E-state index in [2.05, 4.69) is 22.2 Å². The lowest BCUT2D eigenvalue weighted by Gasteiger charge is -2.20. The molecule has 1 aromatic rings. The molecule has 1 atom stereocenters. The lowest BCUT2D eigenvalue weighted by molar-refractivity contribution is -0.117. The van der Waals surface area contributed by atoms with Crippen molar-refractivity contribution < 1.29 is 4.79 Å². The van der Waals surface area contributed by atoms with E-state index in [1.165, 1.54) is 6.42 Å². The van der Waals surface area contributed by atoms with Crippen molar-refractivity contribution >= 4 is 28.9 Å². The molecule has 1 unspecified atom stereocenters. The summed E-state index contributed by atoms with van der Waals surface area (Å²) in [6.45, 7) is 3.55. The Labute approximate surface area is 131 Å². The highest BCUT2D eigenvalue weighted by atomic mass is 35.5. The Bertz CT molecular complexity index is 508. The van der Waals surface area contributed by atoms with Crippen LogP contribution in [0.25, 0.3) is 0 Å². The lowest BCUT2D eigenvalue weighted by atomic mass is 10.1. The first-order valence-electron chi connectivity index (χ1n) is 7.16. The quantitative estimate of drug-likeness (QED) is 0.813.